The first-order valence-corrected chi connectivity index (χ1v) is 7.16. The van der Waals surface area contributed by atoms with Crippen LogP contribution in [0.25, 0.3) is 11.3 Å². The van der Waals surface area contributed by atoms with Crippen LogP contribution in [-0.2, 0) is 11.2 Å². The van der Waals surface area contributed by atoms with E-state index in [9.17, 15) is 4.79 Å². The average molecular weight is 290 g/mol. The van der Waals surface area contributed by atoms with E-state index in [2.05, 4.69) is 24.9 Å². The van der Waals surface area contributed by atoms with Gasteiger partial charge < -0.3 is 10.0 Å². The Hall–Kier alpha value is -1.88. The lowest BCUT2D eigenvalue weighted by molar-refractivity contribution is -0.136. The van der Waals surface area contributed by atoms with Crippen LogP contribution in [0.1, 0.15) is 16.0 Å². The first-order chi connectivity index (χ1) is 9.38. The molecule has 0 amide bonds. The van der Waals surface area contributed by atoms with Crippen LogP contribution in [0, 0.1) is 13.8 Å². The molecule has 0 bridgehead atoms. The van der Waals surface area contributed by atoms with Gasteiger partial charge >= 0.3 is 5.97 Å². The van der Waals surface area contributed by atoms with Crippen LogP contribution >= 0.6 is 11.3 Å². The Balaban J connectivity index is 2.52. The molecule has 4 nitrogen and oxygen atoms in total. The van der Waals surface area contributed by atoms with E-state index in [4.69, 9.17) is 5.11 Å². The molecular weight excluding hydrogens is 272 g/mol. The van der Waals surface area contributed by atoms with E-state index >= 15 is 0 Å². The zero-order valence-electron chi connectivity index (χ0n) is 12.1. The van der Waals surface area contributed by atoms with Crippen molar-refractivity contribution >= 4 is 22.4 Å². The molecule has 1 aromatic carbocycles. The molecule has 0 fully saturated rings. The number of aromatic nitrogens is 1. The minimum atomic E-state index is -0.830. The Morgan fingerprint density at radius 3 is 2.55 bits per heavy atom. The van der Waals surface area contributed by atoms with Gasteiger partial charge in [0, 0.05) is 24.5 Å². The predicted octanol–water partition coefficient (Wildman–Crippen LogP) is 3.12. The third-order valence-corrected chi connectivity index (χ3v) is 4.38. The van der Waals surface area contributed by atoms with E-state index in [0.29, 0.717) is 0 Å². The fraction of sp³-hybridized carbons (Fsp3) is 0.333. The Morgan fingerprint density at radius 2 is 2.00 bits per heavy atom. The van der Waals surface area contributed by atoms with Gasteiger partial charge in [-0.3, -0.25) is 4.79 Å². The summed E-state index contributed by atoms with van der Waals surface area (Å²) in [5.41, 5.74) is 4.16. The van der Waals surface area contributed by atoms with Crippen molar-refractivity contribution in [3.05, 3.63) is 34.2 Å². The summed E-state index contributed by atoms with van der Waals surface area (Å²) in [6.07, 6.45) is 0.00770. The van der Waals surface area contributed by atoms with Gasteiger partial charge in [-0.25, -0.2) is 4.98 Å². The van der Waals surface area contributed by atoms with Crippen LogP contribution in [0.2, 0.25) is 0 Å². The van der Waals surface area contributed by atoms with Gasteiger partial charge in [0.1, 0.15) is 0 Å². The maximum absolute atomic E-state index is 11.0. The molecule has 0 saturated carbocycles. The molecule has 20 heavy (non-hydrogen) atoms. The summed E-state index contributed by atoms with van der Waals surface area (Å²) in [4.78, 5) is 18.3. The number of aliphatic carboxylic acids is 1. The maximum Gasteiger partial charge on any atom is 0.308 e. The van der Waals surface area contributed by atoms with Crippen LogP contribution in [0.5, 0.6) is 0 Å². The van der Waals surface area contributed by atoms with Crippen molar-refractivity contribution < 1.29 is 9.90 Å². The van der Waals surface area contributed by atoms with Crippen molar-refractivity contribution in [2.75, 3.05) is 19.0 Å². The van der Waals surface area contributed by atoms with Crippen molar-refractivity contribution in [2.24, 2.45) is 0 Å². The van der Waals surface area contributed by atoms with Gasteiger partial charge in [0.2, 0.25) is 0 Å². The molecule has 2 aromatic rings. The van der Waals surface area contributed by atoms with Gasteiger partial charge in [0.25, 0.3) is 0 Å². The molecule has 0 aliphatic rings. The number of hydrogen-bond acceptors (Lipinski definition) is 4. The molecule has 2 rings (SSSR count). The molecule has 1 heterocycles. The van der Waals surface area contributed by atoms with Gasteiger partial charge in [-0.15, -0.1) is 11.3 Å². The lowest BCUT2D eigenvalue weighted by atomic mass is 10.0. The number of carbonyl (C=O) groups is 1. The van der Waals surface area contributed by atoms with Gasteiger partial charge in [0.15, 0.2) is 5.13 Å². The van der Waals surface area contributed by atoms with Crippen molar-refractivity contribution in [1.82, 2.24) is 4.98 Å². The van der Waals surface area contributed by atoms with Crippen LogP contribution in [0.4, 0.5) is 5.13 Å². The molecule has 0 saturated heterocycles. The number of benzene rings is 1. The molecule has 0 spiro atoms. The number of carboxylic acid groups (broad SMARTS) is 1. The molecule has 0 atom stereocenters. The highest BCUT2D eigenvalue weighted by Crippen LogP contribution is 2.33. The summed E-state index contributed by atoms with van der Waals surface area (Å²) in [5.74, 6) is -0.830. The summed E-state index contributed by atoms with van der Waals surface area (Å²) >= 11 is 1.43. The summed E-state index contributed by atoms with van der Waals surface area (Å²) in [5, 5.41) is 9.88. The zero-order chi connectivity index (χ0) is 14.9. The molecule has 0 aliphatic heterocycles. The van der Waals surface area contributed by atoms with E-state index in [-0.39, 0.29) is 6.42 Å². The summed E-state index contributed by atoms with van der Waals surface area (Å²) in [6, 6.07) is 6.11. The molecule has 0 aliphatic carbocycles. The Bertz CT molecular complexity index is 647. The minimum Gasteiger partial charge on any atom is -0.481 e. The predicted molar refractivity (Wildman–Crippen MR) is 82.7 cm³/mol. The minimum absolute atomic E-state index is 0.00770. The van der Waals surface area contributed by atoms with Crippen molar-refractivity contribution in [2.45, 2.75) is 20.3 Å². The van der Waals surface area contributed by atoms with Crippen LogP contribution in [0.15, 0.2) is 18.2 Å². The normalized spacial score (nSPS) is 10.6. The van der Waals surface area contributed by atoms with Crippen LogP contribution in [0.3, 0.4) is 0 Å². The monoisotopic (exact) mass is 290 g/mol. The molecule has 1 N–H and O–H groups in total. The van der Waals surface area contributed by atoms with E-state index in [1.165, 1.54) is 22.5 Å². The third kappa shape index (κ3) is 2.99. The highest BCUT2D eigenvalue weighted by molar-refractivity contribution is 7.16. The van der Waals surface area contributed by atoms with E-state index in [1.54, 1.807) is 0 Å². The fourth-order valence-electron chi connectivity index (χ4n) is 1.90. The Kier molecular flexibility index (Phi) is 4.09. The van der Waals surface area contributed by atoms with Gasteiger partial charge in [-0.05, 0) is 31.0 Å². The fourth-order valence-corrected chi connectivity index (χ4v) is 2.90. The van der Waals surface area contributed by atoms with Crippen LogP contribution in [-0.4, -0.2) is 30.2 Å². The quantitative estimate of drug-likeness (QED) is 0.940. The third-order valence-electron chi connectivity index (χ3n) is 3.16. The van der Waals surface area contributed by atoms with Gasteiger partial charge in [-0.2, -0.15) is 0 Å². The number of nitrogens with zero attached hydrogens (tertiary/aromatic N) is 2. The standard InChI is InChI=1S/C15H18N2O2S/c1-9-5-6-11(7-10(9)2)14-12(8-13(18)19)20-15(16-14)17(3)4/h5-7H,8H2,1-4H3,(H,18,19). The lowest BCUT2D eigenvalue weighted by Gasteiger charge is -2.06. The Morgan fingerprint density at radius 1 is 1.30 bits per heavy atom. The highest BCUT2D eigenvalue weighted by atomic mass is 32.1. The number of hydrogen-bond donors (Lipinski definition) is 1. The maximum atomic E-state index is 11.0. The number of aryl methyl sites for hydroxylation is 2. The molecular formula is C15H18N2O2S. The number of rotatable bonds is 4. The van der Waals surface area contributed by atoms with Crippen molar-refractivity contribution in [1.29, 1.82) is 0 Å². The second-order valence-corrected chi connectivity index (χ2v) is 6.09. The zero-order valence-corrected chi connectivity index (χ0v) is 12.9. The van der Waals surface area contributed by atoms with E-state index in [1.807, 2.05) is 31.1 Å². The smallest absolute Gasteiger partial charge is 0.308 e. The van der Waals surface area contributed by atoms with Crippen molar-refractivity contribution in [3.63, 3.8) is 0 Å². The SMILES string of the molecule is Cc1ccc(-c2nc(N(C)C)sc2CC(=O)O)cc1C. The average Bonchev–Trinajstić information content (AvgIpc) is 2.76. The largest absolute Gasteiger partial charge is 0.481 e. The first kappa shape index (κ1) is 14.5. The molecule has 5 heteroatoms. The molecule has 1 aromatic heterocycles. The van der Waals surface area contributed by atoms with Gasteiger partial charge in [-0.1, -0.05) is 12.1 Å². The number of thiazole rings is 1. The van der Waals surface area contributed by atoms with Gasteiger partial charge in [0.05, 0.1) is 12.1 Å². The summed E-state index contributed by atoms with van der Waals surface area (Å²) < 4.78 is 0. The van der Waals surface area contributed by atoms with E-state index in [0.717, 1.165) is 21.3 Å². The van der Waals surface area contributed by atoms with Crippen LogP contribution < -0.4 is 4.90 Å². The summed E-state index contributed by atoms with van der Waals surface area (Å²) in [6.45, 7) is 4.11. The number of carboxylic acids is 1. The molecule has 0 unspecified atom stereocenters. The van der Waals surface area contributed by atoms with E-state index < -0.39 is 5.97 Å². The molecule has 106 valence electrons. The topological polar surface area (TPSA) is 53.4 Å². The summed E-state index contributed by atoms with van der Waals surface area (Å²) in [7, 11) is 3.82. The second kappa shape index (κ2) is 5.63. The number of anilines is 1. The molecule has 0 radical (unpaired) electrons. The second-order valence-electron chi connectivity index (χ2n) is 5.03. The lowest BCUT2D eigenvalue weighted by Crippen LogP contribution is -2.07. The highest BCUT2D eigenvalue weighted by Gasteiger charge is 2.17. The first-order valence-electron chi connectivity index (χ1n) is 6.35. The van der Waals surface area contributed by atoms with Crippen molar-refractivity contribution in [3.8, 4) is 11.3 Å². The Labute approximate surface area is 122 Å².